The molecule has 0 spiro atoms. The highest BCUT2D eigenvalue weighted by atomic mass is 32.2. The average molecular weight is 304 g/mol. The minimum atomic E-state index is -2.09. The second kappa shape index (κ2) is 6.78. The zero-order chi connectivity index (χ0) is 15.2. The highest BCUT2D eigenvalue weighted by Gasteiger charge is 2.02. The maximum Gasteiger partial charge on any atom is 0.269 e. The number of nitro benzene ring substituents is 1. The van der Waals surface area contributed by atoms with Crippen molar-refractivity contribution in [1.82, 2.24) is 0 Å². The van der Waals surface area contributed by atoms with Crippen molar-refractivity contribution in [3.8, 4) is 0 Å². The third kappa shape index (κ3) is 4.51. The molecule has 7 heteroatoms. The number of hydrogen-bond donors (Lipinski definition) is 2. The molecule has 0 aromatic heterocycles. The van der Waals surface area contributed by atoms with Crippen molar-refractivity contribution in [2.75, 3.05) is 4.72 Å². The largest absolute Gasteiger partial charge is 0.289 e. The number of rotatable bonds is 5. The molecular weight excluding hydrogens is 292 g/mol. The zero-order valence-electron chi connectivity index (χ0n) is 10.8. The average Bonchev–Trinajstić information content (AvgIpc) is 2.46. The minimum absolute atomic E-state index is 0.0552. The van der Waals surface area contributed by atoms with Crippen molar-refractivity contribution in [2.45, 2.75) is 0 Å². The number of anilines is 1. The lowest BCUT2D eigenvalue weighted by Gasteiger charge is -2.01. The first-order valence-electron chi connectivity index (χ1n) is 5.95. The van der Waals surface area contributed by atoms with Gasteiger partial charge in [-0.2, -0.15) is 0 Å². The second-order valence-electron chi connectivity index (χ2n) is 4.16. The van der Waals surface area contributed by atoms with Gasteiger partial charge in [-0.1, -0.05) is 24.3 Å². The predicted octanol–water partition coefficient (Wildman–Crippen LogP) is 3.31. The summed E-state index contributed by atoms with van der Waals surface area (Å²) in [4.78, 5) is 10.1. The SMILES string of the molecule is O=[N+]([O-])c1ccc(C=Cc2ccc(NS(=O)O)cc2)cc1. The summed E-state index contributed by atoms with van der Waals surface area (Å²) in [5, 5.41) is 10.5. The van der Waals surface area contributed by atoms with E-state index in [4.69, 9.17) is 4.55 Å². The van der Waals surface area contributed by atoms with Crippen LogP contribution in [0.2, 0.25) is 0 Å². The molecule has 1 unspecified atom stereocenters. The van der Waals surface area contributed by atoms with Gasteiger partial charge in [-0.3, -0.25) is 19.4 Å². The van der Waals surface area contributed by atoms with Gasteiger partial charge in [-0.15, -0.1) is 0 Å². The van der Waals surface area contributed by atoms with E-state index in [1.807, 2.05) is 12.2 Å². The van der Waals surface area contributed by atoms with Gasteiger partial charge in [0.2, 0.25) is 0 Å². The zero-order valence-corrected chi connectivity index (χ0v) is 11.6. The van der Waals surface area contributed by atoms with Crippen molar-refractivity contribution in [1.29, 1.82) is 0 Å². The van der Waals surface area contributed by atoms with Crippen molar-refractivity contribution in [2.24, 2.45) is 0 Å². The Morgan fingerprint density at radius 1 is 1.00 bits per heavy atom. The predicted molar refractivity (Wildman–Crippen MR) is 82.9 cm³/mol. The molecule has 0 radical (unpaired) electrons. The maximum absolute atomic E-state index is 10.6. The topological polar surface area (TPSA) is 92.5 Å². The van der Waals surface area contributed by atoms with E-state index in [1.165, 1.54) is 12.1 Å². The van der Waals surface area contributed by atoms with Crippen LogP contribution in [0.3, 0.4) is 0 Å². The Hall–Kier alpha value is -2.51. The number of nitrogens with one attached hydrogen (secondary N) is 1. The fraction of sp³-hybridized carbons (Fsp3) is 0. The highest BCUT2D eigenvalue weighted by molar-refractivity contribution is 7.80. The monoisotopic (exact) mass is 304 g/mol. The van der Waals surface area contributed by atoms with Crippen molar-refractivity contribution in [3.05, 3.63) is 69.8 Å². The van der Waals surface area contributed by atoms with Crippen LogP contribution < -0.4 is 4.72 Å². The molecule has 108 valence electrons. The highest BCUT2D eigenvalue weighted by Crippen LogP contribution is 2.15. The van der Waals surface area contributed by atoms with E-state index >= 15 is 0 Å². The molecule has 0 aliphatic carbocycles. The third-order valence-electron chi connectivity index (χ3n) is 2.69. The summed E-state index contributed by atoms with van der Waals surface area (Å²) in [7, 11) is 0. The van der Waals surface area contributed by atoms with Crippen LogP contribution >= 0.6 is 0 Å². The van der Waals surface area contributed by atoms with Crippen LogP contribution in [0.1, 0.15) is 11.1 Å². The van der Waals surface area contributed by atoms with Gasteiger partial charge >= 0.3 is 0 Å². The first kappa shape index (κ1) is 14.9. The number of benzene rings is 2. The fourth-order valence-electron chi connectivity index (χ4n) is 1.66. The van der Waals surface area contributed by atoms with Crippen LogP contribution in [0.25, 0.3) is 12.2 Å². The van der Waals surface area contributed by atoms with E-state index in [-0.39, 0.29) is 5.69 Å². The van der Waals surface area contributed by atoms with Crippen LogP contribution in [0.4, 0.5) is 11.4 Å². The van der Waals surface area contributed by atoms with Gasteiger partial charge in [-0.25, -0.2) is 4.21 Å². The van der Waals surface area contributed by atoms with Crippen LogP contribution in [0.5, 0.6) is 0 Å². The molecule has 0 fully saturated rings. The van der Waals surface area contributed by atoms with E-state index in [9.17, 15) is 14.3 Å². The standard InChI is InChI=1S/C14H12N2O4S/c17-16(18)14-9-5-12(6-10-14)2-1-11-3-7-13(8-4-11)15-21(19)20/h1-10,15H,(H,19,20). The molecule has 0 heterocycles. The third-order valence-corrected chi connectivity index (χ3v) is 3.10. The molecule has 6 nitrogen and oxygen atoms in total. The summed E-state index contributed by atoms with van der Waals surface area (Å²) in [5.74, 6) is 0. The minimum Gasteiger partial charge on any atom is -0.289 e. The number of nitro groups is 1. The fourth-order valence-corrected chi connectivity index (χ4v) is 2.00. The van der Waals surface area contributed by atoms with Crippen LogP contribution in [-0.4, -0.2) is 13.7 Å². The summed E-state index contributed by atoms with van der Waals surface area (Å²) >= 11 is -2.09. The maximum atomic E-state index is 10.6. The number of non-ortho nitro benzene ring substituents is 1. The molecule has 2 N–H and O–H groups in total. The van der Waals surface area contributed by atoms with Crippen molar-refractivity contribution in [3.63, 3.8) is 0 Å². The van der Waals surface area contributed by atoms with Gasteiger partial charge in [0.05, 0.1) is 4.92 Å². The molecule has 0 amide bonds. The first-order valence-corrected chi connectivity index (χ1v) is 7.05. The molecule has 1 atom stereocenters. The molecule has 0 saturated carbocycles. The lowest BCUT2D eigenvalue weighted by molar-refractivity contribution is -0.384. The summed E-state index contributed by atoms with van der Waals surface area (Å²) in [6.45, 7) is 0. The first-order chi connectivity index (χ1) is 10.0. The molecule has 0 saturated heterocycles. The van der Waals surface area contributed by atoms with Gasteiger partial charge in [0.1, 0.15) is 0 Å². The second-order valence-corrected chi connectivity index (χ2v) is 4.86. The van der Waals surface area contributed by atoms with E-state index in [2.05, 4.69) is 4.72 Å². The van der Waals surface area contributed by atoms with E-state index in [0.29, 0.717) is 5.69 Å². The van der Waals surface area contributed by atoms with Crippen LogP contribution in [0, 0.1) is 10.1 Å². The van der Waals surface area contributed by atoms with Gasteiger partial charge in [0.25, 0.3) is 17.0 Å². The van der Waals surface area contributed by atoms with Crippen molar-refractivity contribution < 1.29 is 13.7 Å². The summed E-state index contributed by atoms with van der Waals surface area (Å²) in [6, 6.07) is 13.2. The summed E-state index contributed by atoms with van der Waals surface area (Å²) in [6.07, 6.45) is 3.68. The molecule has 0 aliphatic rings. The van der Waals surface area contributed by atoms with Crippen LogP contribution in [-0.2, 0) is 11.3 Å². The van der Waals surface area contributed by atoms with Crippen molar-refractivity contribution >= 4 is 34.8 Å². The lowest BCUT2D eigenvalue weighted by atomic mass is 10.1. The molecule has 2 aromatic rings. The molecule has 2 rings (SSSR count). The molecular formula is C14H12N2O4S. The van der Waals surface area contributed by atoms with Gasteiger partial charge in [0, 0.05) is 17.8 Å². The molecule has 2 aromatic carbocycles. The van der Waals surface area contributed by atoms with Gasteiger partial charge < -0.3 is 0 Å². The Morgan fingerprint density at radius 3 is 1.90 bits per heavy atom. The Labute approximate surface area is 123 Å². The van der Waals surface area contributed by atoms with E-state index in [0.717, 1.165) is 11.1 Å². The Kier molecular flexibility index (Phi) is 4.81. The number of hydrogen-bond acceptors (Lipinski definition) is 3. The molecule has 0 aliphatic heterocycles. The Balaban J connectivity index is 2.06. The smallest absolute Gasteiger partial charge is 0.269 e. The quantitative estimate of drug-likeness (QED) is 0.383. The Morgan fingerprint density at radius 2 is 1.48 bits per heavy atom. The van der Waals surface area contributed by atoms with E-state index < -0.39 is 16.2 Å². The van der Waals surface area contributed by atoms with E-state index in [1.54, 1.807) is 36.4 Å². The lowest BCUT2D eigenvalue weighted by Crippen LogP contribution is -2.01. The summed E-state index contributed by atoms with van der Waals surface area (Å²) < 4.78 is 21.6. The normalized spacial score (nSPS) is 12.2. The Bertz CT molecular complexity index is 681. The summed E-state index contributed by atoms with van der Waals surface area (Å²) in [5.41, 5.74) is 2.35. The van der Waals surface area contributed by atoms with Gasteiger partial charge in [-0.05, 0) is 35.4 Å². The number of nitrogens with zero attached hydrogens (tertiary/aromatic N) is 1. The molecule has 0 bridgehead atoms. The van der Waals surface area contributed by atoms with Gasteiger partial charge in [0.15, 0.2) is 0 Å². The molecule has 21 heavy (non-hydrogen) atoms. The van der Waals surface area contributed by atoms with Crippen LogP contribution in [0.15, 0.2) is 48.5 Å².